The molecule has 0 saturated heterocycles. The van der Waals surface area contributed by atoms with Gasteiger partial charge >= 0.3 is 50.9 Å². The molecule has 0 aliphatic rings. The number of halogens is 1. The van der Waals surface area contributed by atoms with Gasteiger partial charge in [0.2, 0.25) is 0 Å². The minimum Gasteiger partial charge on any atom is -0.496 e. The zero-order chi connectivity index (χ0) is 61.9. The lowest BCUT2D eigenvalue weighted by Crippen LogP contribution is -2.32. The van der Waals surface area contributed by atoms with E-state index in [9.17, 15) is 12.8 Å². The summed E-state index contributed by atoms with van der Waals surface area (Å²) in [5, 5.41) is 124. The molecular formula is C55H62B7FN5O18S. The van der Waals surface area contributed by atoms with Gasteiger partial charge in [0, 0.05) is 30.2 Å². The number of rotatable bonds is 10. The fraction of sp³-hybridized carbons (Fsp3) is 0.0909. The Balaban J connectivity index is 0.000000505. The van der Waals surface area contributed by atoms with E-state index in [-0.39, 0.29) is 39.0 Å². The van der Waals surface area contributed by atoms with Crippen molar-refractivity contribution in [2.75, 3.05) is 13.4 Å². The van der Waals surface area contributed by atoms with Gasteiger partial charge in [0.25, 0.3) is 0 Å². The minimum absolute atomic E-state index is 0. The Morgan fingerprint density at radius 2 is 1.16 bits per heavy atom. The summed E-state index contributed by atoms with van der Waals surface area (Å²) < 4.78 is 39.8. The summed E-state index contributed by atoms with van der Waals surface area (Å²) in [6, 6.07) is 42.8. The van der Waals surface area contributed by atoms with E-state index in [1.165, 1.54) is 36.4 Å². The van der Waals surface area contributed by atoms with Gasteiger partial charge in [-0.3, -0.25) is 15.1 Å². The highest BCUT2D eigenvalue weighted by Crippen LogP contribution is 2.20. The van der Waals surface area contributed by atoms with Crippen LogP contribution in [0.25, 0.3) is 32.6 Å². The number of H-pyrrole nitrogens is 1. The molecule has 23 nitrogen and oxygen atoms in total. The summed E-state index contributed by atoms with van der Waals surface area (Å²) in [5.74, 6) is 0.274. The molecule has 0 unspecified atom stereocenters. The van der Waals surface area contributed by atoms with Crippen molar-refractivity contribution in [1.29, 1.82) is 5.26 Å². The van der Waals surface area contributed by atoms with Crippen LogP contribution in [-0.2, 0) is 16.4 Å². The van der Waals surface area contributed by atoms with Crippen LogP contribution in [0, 0.1) is 31.0 Å². The molecule has 32 heteroatoms. The first-order valence-electron chi connectivity index (χ1n) is 24.9. The molecule has 0 fully saturated rings. The smallest absolute Gasteiger partial charge is 0.488 e. The number of sulfone groups is 1. The SMILES string of the molecule is COc1c(C)cc([B]O)cc1C.CS(=O)(=O)c1ccc(B(O)O)cc1.N#Cc1ccc([B]O)cc1F.O.O.O.OB(O)c1ccc2cnccc2c1.OB(O)c1ccc2ncccc2c1.OCc1ccccc1B(O)O.O[B]c1ccc2[nH]ncc2c1. The van der Waals surface area contributed by atoms with E-state index in [4.69, 9.17) is 70.4 Å². The number of aliphatic hydroxyl groups is 1. The zero-order valence-electron chi connectivity index (χ0n) is 47.2. The average molecular weight is 1210 g/mol. The molecule has 0 aliphatic heterocycles. The van der Waals surface area contributed by atoms with Crippen LogP contribution in [0.4, 0.5) is 4.39 Å². The molecule has 10 aromatic rings. The lowest BCUT2D eigenvalue weighted by molar-refractivity contribution is 0.282. The number of benzene rings is 7. The van der Waals surface area contributed by atoms with Crippen molar-refractivity contribution < 1.29 is 94.3 Å². The molecule has 0 bridgehead atoms. The molecule has 0 amide bonds. The molecular weight excluding hydrogens is 1150 g/mol. The maximum atomic E-state index is 12.7. The number of nitriles is 1. The van der Waals surface area contributed by atoms with Gasteiger partial charge in [0.1, 0.15) is 17.6 Å². The maximum absolute atomic E-state index is 12.7. The highest BCUT2D eigenvalue weighted by Gasteiger charge is 2.15. The number of nitrogens with zero attached hydrogens (tertiary/aromatic N) is 4. The maximum Gasteiger partial charge on any atom is 0.488 e. The number of hydrogen-bond donors (Lipinski definition) is 13. The molecule has 19 N–H and O–H groups in total. The van der Waals surface area contributed by atoms with E-state index in [1.807, 2.05) is 68.4 Å². The van der Waals surface area contributed by atoms with Crippen LogP contribution in [-0.4, -0.2) is 170 Å². The fourth-order valence-electron chi connectivity index (χ4n) is 7.46. The quantitative estimate of drug-likeness (QED) is 0.0572. The second kappa shape index (κ2) is 38.8. The summed E-state index contributed by atoms with van der Waals surface area (Å²) in [5.41, 5.74) is 8.00. The summed E-state index contributed by atoms with van der Waals surface area (Å²) >= 11 is 0. The summed E-state index contributed by atoms with van der Waals surface area (Å²) in [4.78, 5) is 8.24. The van der Waals surface area contributed by atoms with Gasteiger partial charge < -0.3 is 81.5 Å². The van der Waals surface area contributed by atoms with Crippen LogP contribution in [0.3, 0.4) is 0 Å². The van der Waals surface area contributed by atoms with Crippen LogP contribution < -0.4 is 43.0 Å². The van der Waals surface area contributed by atoms with Crippen molar-refractivity contribution in [3.63, 3.8) is 0 Å². The Bertz CT molecular complexity index is 3730. The van der Waals surface area contributed by atoms with Crippen LogP contribution >= 0.6 is 0 Å². The van der Waals surface area contributed by atoms with E-state index < -0.39 is 44.1 Å². The summed E-state index contributed by atoms with van der Waals surface area (Å²) in [6.45, 7) is 3.74. The molecule has 7 aromatic carbocycles. The van der Waals surface area contributed by atoms with Crippen LogP contribution in [0.15, 0.2) is 181 Å². The highest BCUT2D eigenvalue weighted by molar-refractivity contribution is 7.90. The van der Waals surface area contributed by atoms with Crippen molar-refractivity contribution in [1.82, 2.24) is 20.2 Å². The van der Waals surface area contributed by atoms with Gasteiger partial charge in [-0.1, -0.05) is 120 Å². The van der Waals surface area contributed by atoms with Crippen molar-refractivity contribution >= 4 is 132 Å². The molecule has 87 heavy (non-hydrogen) atoms. The zero-order valence-corrected chi connectivity index (χ0v) is 48.0. The number of aromatic nitrogens is 4. The molecule has 0 spiro atoms. The number of aliphatic hydroxyl groups excluding tert-OH is 1. The number of pyridine rings is 2. The van der Waals surface area contributed by atoms with Crippen LogP contribution in [0.2, 0.25) is 0 Å². The Hall–Kier alpha value is -8.15. The predicted octanol–water partition coefficient (Wildman–Crippen LogP) is -4.73. The highest BCUT2D eigenvalue weighted by atomic mass is 32.2. The van der Waals surface area contributed by atoms with Crippen molar-refractivity contribution in [2.45, 2.75) is 25.3 Å². The number of hydrogen-bond acceptors (Lipinski definition) is 19. The number of aromatic amines is 1. The second-order valence-electron chi connectivity index (χ2n) is 17.8. The summed E-state index contributed by atoms with van der Waals surface area (Å²) in [7, 11) is -4.48. The number of nitrogens with one attached hydrogen (secondary N) is 1. The van der Waals surface area contributed by atoms with Gasteiger partial charge in [0.15, 0.2) is 9.84 Å². The third kappa shape index (κ3) is 24.6. The van der Waals surface area contributed by atoms with E-state index in [1.54, 1.807) is 92.6 Å². The molecule has 10 rings (SSSR count). The van der Waals surface area contributed by atoms with Crippen LogP contribution in [0.1, 0.15) is 22.3 Å². The van der Waals surface area contributed by atoms with Crippen LogP contribution in [0.5, 0.6) is 5.75 Å². The molecule has 449 valence electrons. The largest absolute Gasteiger partial charge is 0.496 e. The van der Waals surface area contributed by atoms with Gasteiger partial charge in [-0.05, 0) is 117 Å². The normalized spacial score (nSPS) is 9.75. The van der Waals surface area contributed by atoms with Gasteiger partial charge in [-0.25, -0.2) is 12.8 Å². The van der Waals surface area contributed by atoms with E-state index in [0.717, 1.165) is 95.1 Å². The first-order valence-corrected chi connectivity index (χ1v) is 26.8. The monoisotopic (exact) mass is 1210 g/mol. The molecule has 0 atom stereocenters. The molecule has 0 aliphatic carbocycles. The van der Waals surface area contributed by atoms with Gasteiger partial charge in [-0.15, -0.1) is 0 Å². The molecule has 0 saturated carbocycles. The lowest BCUT2D eigenvalue weighted by Gasteiger charge is -2.09. The first-order chi connectivity index (χ1) is 40.1. The second-order valence-corrected chi connectivity index (χ2v) is 19.8. The Morgan fingerprint density at radius 3 is 1.69 bits per heavy atom. The van der Waals surface area contributed by atoms with E-state index in [0.29, 0.717) is 27.4 Å². The number of ether oxygens (including phenoxy) is 1. The molecule has 3 heterocycles. The van der Waals surface area contributed by atoms with Crippen molar-refractivity contribution in [2.24, 2.45) is 0 Å². The standard InChI is InChI=1S/2C9H8BNO2.C9H12BO2.C7H4BFNO.C7H6BN2O.C7H9BO4S.C7H9BO3.3H2O/c12-10(13)9-2-1-8-6-11-4-3-7(8)5-9;12-10(13)8-3-4-9-7(6-8)2-1-5-11-9;1-6-4-8(10-11)5-7(2)9(6)12-3;9-7-3-6(8-11)2-1-5(7)4-10;11-8-6-1-2-7-5(3-6)4-9-10-7;1-13(11,12)7-4-2-6(3-5-7)8(9)10;9-5-6-3-1-2-4-7(6)8(10)11;;;/h2*1-6,12-13H;4-5,11H,1-3H3;1-3,11H;1-4,11H,(H,9,10);2-5,9-10H,1H3;1-4,9-11H,5H2;3*1H2. The number of aryl methyl sites for hydroxylation is 2. The summed E-state index contributed by atoms with van der Waals surface area (Å²) in [6.07, 6.45) is 7.94. The minimum atomic E-state index is -3.21. The molecule has 3 radical (unpaired) electrons. The third-order valence-electron chi connectivity index (χ3n) is 11.7. The Labute approximate surface area is 504 Å². The predicted molar refractivity (Wildman–Crippen MR) is 338 cm³/mol. The topological polar surface area (TPSA) is 459 Å². The van der Waals surface area contributed by atoms with Crippen molar-refractivity contribution in [3.8, 4) is 11.8 Å². The lowest BCUT2D eigenvalue weighted by atomic mass is 9.77. The van der Waals surface area contributed by atoms with Gasteiger partial charge in [0.05, 0.1) is 41.4 Å². The Morgan fingerprint density at radius 1 is 0.598 bits per heavy atom. The van der Waals surface area contributed by atoms with Gasteiger partial charge in [-0.2, -0.15) is 10.4 Å². The average Bonchev–Trinajstić information content (AvgIpc) is 3.76. The Kier molecular flexibility index (Phi) is 34.3. The van der Waals surface area contributed by atoms with Crippen molar-refractivity contribution in [3.05, 3.63) is 205 Å². The first kappa shape index (κ1) is 76.9. The van der Waals surface area contributed by atoms with E-state index in [2.05, 4.69) is 20.2 Å². The van der Waals surface area contributed by atoms with E-state index >= 15 is 0 Å². The fourth-order valence-corrected chi connectivity index (χ4v) is 8.09. The molecule has 3 aromatic heterocycles. The number of methoxy groups -OCH3 is 1. The third-order valence-corrected chi connectivity index (χ3v) is 12.8. The number of fused-ring (bicyclic) bond motifs is 3.